The van der Waals surface area contributed by atoms with Crippen molar-refractivity contribution in [3.05, 3.63) is 76.4 Å². The van der Waals surface area contributed by atoms with Crippen molar-refractivity contribution in [2.24, 2.45) is 0 Å². The minimum atomic E-state index is -1.62. The molecule has 0 spiro atoms. The molecule has 0 N–H and O–H groups in total. The van der Waals surface area contributed by atoms with Crippen LogP contribution in [0.25, 0.3) is 0 Å². The van der Waals surface area contributed by atoms with Crippen LogP contribution in [0.2, 0.25) is 13.1 Å². The molecule has 2 aromatic carbocycles. The van der Waals surface area contributed by atoms with Crippen molar-refractivity contribution in [1.82, 2.24) is 0 Å². The van der Waals surface area contributed by atoms with E-state index in [2.05, 4.69) is 82.4 Å². The molecule has 0 radical (unpaired) electrons. The summed E-state index contributed by atoms with van der Waals surface area (Å²) >= 11 is 0. The van der Waals surface area contributed by atoms with E-state index < -0.39 is 8.07 Å². The van der Waals surface area contributed by atoms with E-state index in [0.29, 0.717) is 5.54 Å². The summed E-state index contributed by atoms with van der Waals surface area (Å²) in [6, 6.07) is 15.8. The Morgan fingerprint density at radius 2 is 1.36 bits per heavy atom. The quantitative estimate of drug-likeness (QED) is 0.324. The first-order valence-electron chi connectivity index (χ1n) is 7.68. The van der Waals surface area contributed by atoms with E-state index in [9.17, 15) is 0 Å². The van der Waals surface area contributed by atoms with Crippen molar-refractivity contribution in [2.45, 2.75) is 39.4 Å². The molecule has 3 rings (SSSR count). The van der Waals surface area contributed by atoms with Crippen LogP contribution in [-0.4, -0.2) is 8.07 Å². The van der Waals surface area contributed by atoms with Crippen LogP contribution in [0, 0.1) is 19.9 Å². The van der Waals surface area contributed by atoms with Gasteiger partial charge in [0.2, 0.25) is 0 Å². The van der Waals surface area contributed by atoms with Gasteiger partial charge in [-0.05, 0) is 13.8 Å². The third kappa shape index (κ3) is 5.25. The smallest absolute Gasteiger partial charge is 1.00 e. The summed E-state index contributed by atoms with van der Waals surface area (Å²) in [7, 11) is -1.62. The zero-order valence-electron chi connectivity index (χ0n) is 15.3. The van der Waals surface area contributed by atoms with Crippen molar-refractivity contribution >= 4 is 13.3 Å². The Hall–Kier alpha value is -0.0188. The number of halogens is 3. The van der Waals surface area contributed by atoms with Gasteiger partial charge in [0.1, 0.15) is 0 Å². The van der Waals surface area contributed by atoms with Crippen LogP contribution in [0.4, 0.5) is 0 Å². The molecule has 5 heteroatoms. The first-order valence-corrected chi connectivity index (χ1v) is 10.8. The molecule has 1 aliphatic carbocycles. The molecule has 0 nitrogen and oxygen atoms in total. The molecule has 0 aromatic heterocycles. The first kappa shape index (κ1) is 27.2. The molecular weight excluding hydrogens is 423 g/mol. The summed E-state index contributed by atoms with van der Waals surface area (Å²) in [5.41, 5.74) is 7.49. The molecule has 2 aromatic rings. The second-order valence-electron chi connectivity index (χ2n) is 6.93. The zero-order chi connectivity index (χ0) is 15.2. The van der Waals surface area contributed by atoms with Gasteiger partial charge in [0, 0.05) is 0 Å². The summed E-state index contributed by atoms with van der Waals surface area (Å²) in [6.45, 7) is 11.7. The Bertz CT molecular complexity index is 721. The zero-order valence-corrected chi connectivity index (χ0v) is 20.1. The molecule has 1 atom stereocenters. The molecule has 0 bridgehead atoms. The maximum atomic E-state index is 3.60. The molecule has 25 heavy (non-hydrogen) atoms. The van der Waals surface area contributed by atoms with Crippen molar-refractivity contribution in [3.63, 3.8) is 0 Å². The first-order chi connectivity index (χ1) is 9.89. The second kappa shape index (κ2) is 10.4. The number of benzene rings is 2. The Labute approximate surface area is 187 Å². The predicted octanol–water partition coefficient (Wildman–Crippen LogP) is -4.34. The summed E-state index contributed by atoms with van der Waals surface area (Å²) in [6.07, 6.45) is 3.60. The Kier molecular flexibility index (Phi) is 11.3. The molecule has 0 heterocycles. The molecule has 132 valence electrons. The molecule has 0 amide bonds. The fraction of sp³-hybridized carbons (Fsp3) is 0.300. The van der Waals surface area contributed by atoms with E-state index in [0.717, 1.165) is 0 Å². The third-order valence-electron chi connectivity index (χ3n) is 4.72. The molecular formula is C20H23Cl3SiTi. The van der Waals surface area contributed by atoms with Gasteiger partial charge >= 0.3 is 21.7 Å². The molecule has 0 saturated carbocycles. The van der Waals surface area contributed by atoms with Gasteiger partial charge in [-0.1, -0.05) is 66.1 Å². The van der Waals surface area contributed by atoms with Gasteiger partial charge in [-0.3, -0.25) is 0 Å². The van der Waals surface area contributed by atoms with E-state index in [1.165, 1.54) is 27.8 Å². The maximum Gasteiger partial charge on any atom is 4.00 e. The van der Waals surface area contributed by atoms with E-state index in [4.69, 9.17) is 0 Å². The SMILES string of the molecule is CC1=[C-]c2ccccc2C1[Si](C)(C)c1cc(C)cc(C)c1.[Cl-].[Cl-].[Cl-].[Ti+4]. The second-order valence-corrected chi connectivity index (χ2v) is 11.5. The average Bonchev–Trinajstić information content (AvgIpc) is 2.73. The molecule has 1 aliphatic rings. The fourth-order valence-electron chi connectivity index (χ4n) is 3.82. The van der Waals surface area contributed by atoms with Gasteiger partial charge in [0.25, 0.3) is 0 Å². The number of fused-ring (bicyclic) bond motifs is 1. The summed E-state index contributed by atoms with van der Waals surface area (Å²) in [5, 5.41) is 1.56. The summed E-state index contributed by atoms with van der Waals surface area (Å²) < 4.78 is 0. The fourth-order valence-corrected chi connectivity index (χ4v) is 7.54. The maximum absolute atomic E-state index is 3.60. The van der Waals surface area contributed by atoms with Gasteiger partial charge in [0.05, 0.1) is 8.07 Å². The predicted molar refractivity (Wildman–Crippen MR) is 93.7 cm³/mol. The van der Waals surface area contributed by atoms with Crippen molar-refractivity contribution in [3.8, 4) is 0 Å². The average molecular weight is 446 g/mol. The van der Waals surface area contributed by atoms with Crippen LogP contribution < -0.4 is 42.4 Å². The Morgan fingerprint density at radius 3 is 1.92 bits per heavy atom. The number of hydrogen-bond acceptors (Lipinski definition) is 0. The van der Waals surface area contributed by atoms with Gasteiger partial charge < -0.3 is 37.2 Å². The Morgan fingerprint density at radius 1 is 0.840 bits per heavy atom. The molecule has 1 unspecified atom stereocenters. The van der Waals surface area contributed by atoms with Crippen LogP contribution in [0.5, 0.6) is 0 Å². The molecule has 0 aliphatic heterocycles. The van der Waals surface area contributed by atoms with Crippen molar-refractivity contribution < 1.29 is 58.9 Å². The van der Waals surface area contributed by atoms with Gasteiger partial charge in [-0.2, -0.15) is 17.7 Å². The van der Waals surface area contributed by atoms with Crippen LogP contribution >= 0.6 is 0 Å². The van der Waals surface area contributed by atoms with Crippen LogP contribution in [-0.2, 0) is 21.7 Å². The number of hydrogen-bond donors (Lipinski definition) is 0. The van der Waals surface area contributed by atoms with E-state index in [-0.39, 0.29) is 58.9 Å². The normalized spacial score (nSPS) is 14.8. The van der Waals surface area contributed by atoms with Crippen LogP contribution in [0.1, 0.15) is 34.7 Å². The summed E-state index contributed by atoms with van der Waals surface area (Å²) in [5.74, 6) is 0. The summed E-state index contributed by atoms with van der Waals surface area (Å²) in [4.78, 5) is 0. The van der Waals surface area contributed by atoms with E-state index in [1.807, 2.05) is 0 Å². The Balaban J connectivity index is 0. The van der Waals surface area contributed by atoms with Crippen LogP contribution in [0.3, 0.4) is 0 Å². The monoisotopic (exact) mass is 444 g/mol. The van der Waals surface area contributed by atoms with E-state index >= 15 is 0 Å². The number of aryl methyl sites for hydroxylation is 2. The van der Waals surface area contributed by atoms with Gasteiger partial charge in [0.15, 0.2) is 0 Å². The largest absolute Gasteiger partial charge is 4.00 e. The minimum absolute atomic E-state index is 0. The third-order valence-corrected chi connectivity index (χ3v) is 8.69. The van der Waals surface area contributed by atoms with Crippen molar-refractivity contribution in [1.29, 1.82) is 0 Å². The number of rotatable bonds is 2. The minimum Gasteiger partial charge on any atom is -1.00 e. The van der Waals surface area contributed by atoms with Crippen molar-refractivity contribution in [2.75, 3.05) is 0 Å². The van der Waals surface area contributed by atoms with Gasteiger partial charge in [-0.25, -0.2) is 0 Å². The van der Waals surface area contributed by atoms with E-state index in [1.54, 1.807) is 5.19 Å². The molecule has 0 saturated heterocycles. The topological polar surface area (TPSA) is 0 Å². The number of allylic oxidation sites excluding steroid dienone is 1. The molecule has 0 fully saturated rings. The van der Waals surface area contributed by atoms with Gasteiger partial charge in [-0.15, -0.1) is 23.3 Å². The van der Waals surface area contributed by atoms with Crippen LogP contribution in [0.15, 0.2) is 48.0 Å². The standard InChI is InChI=1S/C20H23Si.3ClH.Ti/c1-14-10-15(2)12-18(11-14)21(4,5)20-16(3)13-17-8-6-7-9-19(17)20;;;;/h6-12,20H,1-5H3;3*1H;/q-1;;;;+4/p-3.